The number of carboxylic acid groups (broad SMARTS) is 1. The van der Waals surface area contributed by atoms with Gasteiger partial charge in [-0.2, -0.15) is 0 Å². The first-order valence-corrected chi connectivity index (χ1v) is 5.81. The molecule has 1 unspecified atom stereocenters. The minimum atomic E-state index is -1.09. The highest BCUT2D eigenvalue weighted by molar-refractivity contribution is 5.78. The van der Waals surface area contributed by atoms with Crippen molar-refractivity contribution < 1.29 is 18.7 Å². The third-order valence-corrected chi connectivity index (χ3v) is 2.83. The molecule has 0 fully saturated rings. The molecule has 0 saturated carbocycles. The van der Waals surface area contributed by atoms with Crippen LogP contribution in [-0.2, 0) is 11.3 Å². The Labute approximate surface area is 105 Å². The van der Waals surface area contributed by atoms with Gasteiger partial charge in [0.15, 0.2) is 0 Å². The van der Waals surface area contributed by atoms with Gasteiger partial charge in [0.1, 0.15) is 17.2 Å². The van der Waals surface area contributed by atoms with E-state index in [1.165, 1.54) is 12.1 Å². The first-order valence-electron chi connectivity index (χ1n) is 5.81. The molecule has 0 aliphatic heterocycles. The smallest absolute Gasteiger partial charge is 0.323 e. The maximum Gasteiger partial charge on any atom is 0.323 e. The molecule has 3 nitrogen and oxygen atoms in total. The molecule has 0 aliphatic rings. The Morgan fingerprint density at radius 2 is 1.89 bits per heavy atom. The molecular weight excluding hydrogens is 240 g/mol. The van der Waals surface area contributed by atoms with Crippen molar-refractivity contribution in [1.82, 2.24) is 5.32 Å². The highest BCUT2D eigenvalue weighted by atomic mass is 19.1. The summed E-state index contributed by atoms with van der Waals surface area (Å²) in [7, 11) is 0. The lowest BCUT2D eigenvalue weighted by Gasteiger charge is -2.26. The zero-order valence-corrected chi connectivity index (χ0v) is 10.5. The fourth-order valence-corrected chi connectivity index (χ4v) is 1.78. The highest BCUT2D eigenvalue weighted by Gasteiger charge is 2.31. The third kappa shape index (κ3) is 3.77. The average Bonchev–Trinajstić information content (AvgIpc) is 2.25. The Morgan fingerprint density at radius 1 is 1.33 bits per heavy atom. The summed E-state index contributed by atoms with van der Waals surface area (Å²) < 4.78 is 25.9. The summed E-state index contributed by atoms with van der Waals surface area (Å²) in [6, 6.07) is 3.15. The van der Waals surface area contributed by atoms with Gasteiger partial charge in [-0.25, -0.2) is 8.78 Å². The largest absolute Gasteiger partial charge is 0.480 e. The van der Waals surface area contributed by atoms with Crippen molar-refractivity contribution in [2.45, 2.75) is 38.8 Å². The van der Waals surface area contributed by atoms with Crippen LogP contribution in [0.25, 0.3) is 0 Å². The van der Waals surface area contributed by atoms with E-state index in [0.717, 1.165) is 6.07 Å². The molecule has 0 amide bonds. The Hall–Kier alpha value is -1.49. The van der Waals surface area contributed by atoms with E-state index in [9.17, 15) is 13.6 Å². The molecule has 0 spiro atoms. The van der Waals surface area contributed by atoms with Gasteiger partial charge in [0.2, 0.25) is 0 Å². The van der Waals surface area contributed by atoms with Crippen LogP contribution >= 0.6 is 0 Å². The fourth-order valence-electron chi connectivity index (χ4n) is 1.78. The summed E-state index contributed by atoms with van der Waals surface area (Å²) in [6.45, 7) is 3.55. The van der Waals surface area contributed by atoms with Crippen LogP contribution in [0.2, 0.25) is 0 Å². The number of nitrogens with one attached hydrogen (secondary N) is 1. The van der Waals surface area contributed by atoms with Crippen molar-refractivity contribution in [3.8, 4) is 0 Å². The van der Waals surface area contributed by atoms with Gasteiger partial charge in [-0.15, -0.1) is 0 Å². The first kappa shape index (κ1) is 14.6. The van der Waals surface area contributed by atoms with Crippen LogP contribution in [-0.4, -0.2) is 16.6 Å². The Balaban J connectivity index is 2.76. The number of halogens is 2. The SMILES string of the molecule is CCCC(C)(NCc1cc(F)cc(F)c1)C(=O)O. The van der Waals surface area contributed by atoms with E-state index in [1.54, 1.807) is 6.92 Å². The summed E-state index contributed by atoms with van der Waals surface area (Å²) in [6.07, 6.45) is 1.15. The van der Waals surface area contributed by atoms with Crippen LogP contribution in [0.15, 0.2) is 18.2 Å². The van der Waals surface area contributed by atoms with Crippen molar-refractivity contribution in [1.29, 1.82) is 0 Å². The summed E-state index contributed by atoms with van der Waals surface area (Å²) in [5.41, 5.74) is -0.701. The summed E-state index contributed by atoms with van der Waals surface area (Å²) >= 11 is 0. The monoisotopic (exact) mass is 257 g/mol. The second kappa shape index (κ2) is 5.91. The van der Waals surface area contributed by atoms with Crippen LogP contribution in [0.5, 0.6) is 0 Å². The lowest BCUT2D eigenvalue weighted by molar-refractivity contribution is -0.144. The molecule has 1 atom stereocenters. The molecule has 0 heterocycles. The molecule has 0 saturated heterocycles. The molecule has 18 heavy (non-hydrogen) atoms. The van der Waals surface area contributed by atoms with E-state index in [0.29, 0.717) is 18.4 Å². The van der Waals surface area contributed by atoms with E-state index in [2.05, 4.69) is 5.32 Å². The van der Waals surface area contributed by atoms with Gasteiger partial charge in [-0.1, -0.05) is 13.3 Å². The molecule has 100 valence electrons. The van der Waals surface area contributed by atoms with Crippen molar-refractivity contribution in [2.75, 3.05) is 0 Å². The van der Waals surface area contributed by atoms with Crippen molar-refractivity contribution in [3.63, 3.8) is 0 Å². The van der Waals surface area contributed by atoms with E-state index >= 15 is 0 Å². The van der Waals surface area contributed by atoms with Gasteiger partial charge < -0.3 is 5.11 Å². The van der Waals surface area contributed by atoms with E-state index in [-0.39, 0.29) is 6.54 Å². The molecule has 0 bridgehead atoms. The van der Waals surface area contributed by atoms with Crippen molar-refractivity contribution >= 4 is 5.97 Å². The molecular formula is C13H17F2NO2. The molecule has 5 heteroatoms. The minimum absolute atomic E-state index is 0.109. The van der Waals surface area contributed by atoms with Gasteiger partial charge in [-0.05, 0) is 31.0 Å². The maximum atomic E-state index is 13.0. The molecule has 0 aromatic heterocycles. The topological polar surface area (TPSA) is 49.3 Å². The predicted molar refractivity (Wildman–Crippen MR) is 64.1 cm³/mol. The third-order valence-electron chi connectivity index (χ3n) is 2.83. The van der Waals surface area contributed by atoms with Crippen LogP contribution in [0.1, 0.15) is 32.3 Å². The number of rotatable bonds is 6. The normalized spacial score (nSPS) is 14.2. The number of aliphatic carboxylic acids is 1. The van der Waals surface area contributed by atoms with Crippen LogP contribution in [0.3, 0.4) is 0 Å². The van der Waals surface area contributed by atoms with E-state index in [1.807, 2.05) is 6.92 Å². The second-order valence-electron chi connectivity index (χ2n) is 4.52. The van der Waals surface area contributed by atoms with Gasteiger partial charge in [0.05, 0.1) is 0 Å². The van der Waals surface area contributed by atoms with Crippen LogP contribution in [0, 0.1) is 11.6 Å². The summed E-state index contributed by atoms with van der Waals surface area (Å²) in [5, 5.41) is 12.0. The summed E-state index contributed by atoms with van der Waals surface area (Å²) in [5.74, 6) is -2.31. The quantitative estimate of drug-likeness (QED) is 0.823. The molecule has 0 aliphatic carbocycles. The molecule has 1 aromatic carbocycles. The maximum absolute atomic E-state index is 13.0. The zero-order valence-electron chi connectivity index (χ0n) is 10.5. The molecule has 2 N–H and O–H groups in total. The van der Waals surface area contributed by atoms with Crippen molar-refractivity contribution in [3.05, 3.63) is 35.4 Å². The van der Waals surface area contributed by atoms with Gasteiger partial charge >= 0.3 is 5.97 Å². The van der Waals surface area contributed by atoms with Crippen LogP contribution < -0.4 is 5.32 Å². The number of hydrogen-bond acceptors (Lipinski definition) is 2. The van der Waals surface area contributed by atoms with Crippen molar-refractivity contribution in [2.24, 2.45) is 0 Å². The number of hydrogen-bond donors (Lipinski definition) is 2. The van der Waals surface area contributed by atoms with Gasteiger partial charge in [0, 0.05) is 12.6 Å². The van der Waals surface area contributed by atoms with Gasteiger partial charge in [-0.3, -0.25) is 10.1 Å². The van der Waals surface area contributed by atoms with E-state index < -0.39 is 23.1 Å². The number of carboxylic acids is 1. The average molecular weight is 257 g/mol. The summed E-state index contributed by atoms with van der Waals surface area (Å²) in [4.78, 5) is 11.2. The Bertz CT molecular complexity index is 417. The lowest BCUT2D eigenvalue weighted by atomic mass is 9.96. The first-order chi connectivity index (χ1) is 8.37. The van der Waals surface area contributed by atoms with Gasteiger partial charge in [0.25, 0.3) is 0 Å². The molecule has 1 rings (SSSR count). The number of benzene rings is 1. The lowest BCUT2D eigenvalue weighted by Crippen LogP contribution is -2.48. The van der Waals surface area contributed by atoms with E-state index in [4.69, 9.17) is 5.11 Å². The molecule has 1 aromatic rings. The number of carbonyl (C=O) groups is 1. The Kier molecular flexibility index (Phi) is 4.78. The Morgan fingerprint density at radius 3 is 2.33 bits per heavy atom. The minimum Gasteiger partial charge on any atom is -0.480 e. The van der Waals surface area contributed by atoms with Crippen LogP contribution in [0.4, 0.5) is 8.78 Å². The zero-order chi connectivity index (χ0) is 13.8. The fraction of sp³-hybridized carbons (Fsp3) is 0.462. The molecule has 0 radical (unpaired) electrons. The second-order valence-corrected chi connectivity index (χ2v) is 4.52. The standard InChI is InChI=1S/C13H17F2NO2/c1-3-4-13(2,12(17)18)16-8-9-5-10(14)7-11(15)6-9/h5-7,16H,3-4,8H2,1-2H3,(H,17,18). The predicted octanol–water partition coefficient (Wildman–Crippen LogP) is 2.70. The highest BCUT2D eigenvalue weighted by Crippen LogP contribution is 2.15.